The van der Waals surface area contributed by atoms with Crippen LogP contribution in [0.3, 0.4) is 0 Å². The zero-order valence-electron chi connectivity index (χ0n) is 26.3. The first-order valence-electron chi connectivity index (χ1n) is 14.6. The molecule has 0 aliphatic carbocycles. The lowest BCUT2D eigenvalue weighted by molar-refractivity contribution is -0.140. The molecule has 1 N–H and O–H groups in total. The Hall–Kier alpha value is -3.70. The number of amides is 2. The largest absolute Gasteiger partial charge is 0.497 e. The smallest absolute Gasteiger partial charge is 0.264 e. The van der Waals surface area contributed by atoms with E-state index in [2.05, 4.69) is 5.32 Å². The number of sulfonamides is 1. The van der Waals surface area contributed by atoms with Gasteiger partial charge in [0.1, 0.15) is 24.1 Å². The number of rotatable bonds is 16. The number of ether oxygens (including phenoxy) is 2. The molecule has 11 heteroatoms. The lowest BCUT2D eigenvalue weighted by Crippen LogP contribution is -2.52. The van der Waals surface area contributed by atoms with Gasteiger partial charge in [-0.2, -0.15) is 0 Å². The molecule has 1 atom stereocenters. The highest BCUT2D eigenvalue weighted by molar-refractivity contribution is 7.98. The molecular formula is C33H43N3O6S2. The van der Waals surface area contributed by atoms with Crippen LogP contribution in [0.2, 0.25) is 0 Å². The van der Waals surface area contributed by atoms with Crippen LogP contribution in [-0.2, 0) is 26.2 Å². The van der Waals surface area contributed by atoms with Crippen LogP contribution in [-0.4, -0.2) is 64.2 Å². The maximum Gasteiger partial charge on any atom is 0.264 e. The molecule has 0 saturated carbocycles. The molecule has 44 heavy (non-hydrogen) atoms. The molecule has 0 unspecified atom stereocenters. The fraction of sp³-hybridized carbons (Fsp3) is 0.394. The molecule has 0 radical (unpaired) electrons. The highest BCUT2D eigenvalue weighted by atomic mass is 32.2. The van der Waals surface area contributed by atoms with E-state index in [1.54, 1.807) is 55.6 Å². The van der Waals surface area contributed by atoms with Crippen molar-refractivity contribution in [2.45, 2.75) is 56.5 Å². The predicted molar refractivity (Wildman–Crippen MR) is 176 cm³/mol. The Morgan fingerprint density at radius 2 is 1.52 bits per heavy atom. The molecule has 9 nitrogen and oxygen atoms in total. The van der Waals surface area contributed by atoms with E-state index < -0.39 is 28.5 Å². The second-order valence-electron chi connectivity index (χ2n) is 10.5. The predicted octanol–water partition coefficient (Wildman–Crippen LogP) is 5.59. The highest BCUT2D eigenvalue weighted by Gasteiger charge is 2.33. The van der Waals surface area contributed by atoms with E-state index in [-0.39, 0.29) is 23.3 Å². The monoisotopic (exact) mass is 641 g/mol. The Labute approximate surface area is 266 Å². The minimum absolute atomic E-state index is 0.0559. The van der Waals surface area contributed by atoms with Gasteiger partial charge in [0, 0.05) is 18.0 Å². The normalized spacial score (nSPS) is 12.0. The minimum Gasteiger partial charge on any atom is -0.497 e. The topological polar surface area (TPSA) is 105 Å². The summed E-state index contributed by atoms with van der Waals surface area (Å²) in [6.07, 6.45) is 2.26. The van der Waals surface area contributed by atoms with Crippen molar-refractivity contribution < 1.29 is 27.5 Å². The van der Waals surface area contributed by atoms with Gasteiger partial charge >= 0.3 is 0 Å². The lowest BCUT2D eigenvalue weighted by atomic mass is 10.1. The van der Waals surface area contributed by atoms with Gasteiger partial charge in [0.2, 0.25) is 11.8 Å². The maximum atomic E-state index is 14.2. The summed E-state index contributed by atoms with van der Waals surface area (Å²) in [6.45, 7) is 8.20. The fourth-order valence-corrected chi connectivity index (χ4v) is 6.37. The molecule has 0 spiro atoms. The van der Waals surface area contributed by atoms with Gasteiger partial charge in [-0.05, 0) is 91.7 Å². The van der Waals surface area contributed by atoms with Crippen LogP contribution in [0.5, 0.6) is 11.5 Å². The van der Waals surface area contributed by atoms with E-state index in [1.165, 1.54) is 28.8 Å². The number of carbonyl (C=O) groups is 2. The Kier molecular flexibility index (Phi) is 13.0. The van der Waals surface area contributed by atoms with Crippen LogP contribution in [0.15, 0.2) is 82.6 Å². The molecule has 3 rings (SSSR count). The molecule has 0 aromatic heterocycles. The van der Waals surface area contributed by atoms with Crippen LogP contribution in [0.4, 0.5) is 5.69 Å². The van der Waals surface area contributed by atoms with Crippen molar-refractivity contribution in [1.29, 1.82) is 0 Å². The number of anilines is 1. The van der Waals surface area contributed by atoms with Crippen LogP contribution in [0.1, 0.15) is 39.7 Å². The van der Waals surface area contributed by atoms with Crippen molar-refractivity contribution in [3.63, 3.8) is 0 Å². The number of hydrogen-bond acceptors (Lipinski definition) is 7. The van der Waals surface area contributed by atoms with Crippen molar-refractivity contribution in [3.05, 3.63) is 78.4 Å². The van der Waals surface area contributed by atoms with Gasteiger partial charge in [0.25, 0.3) is 10.0 Å². The summed E-state index contributed by atoms with van der Waals surface area (Å²) < 4.78 is 40.1. The number of hydrogen-bond donors (Lipinski definition) is 1. The molecule has 0 fully saturated rings. The number of benzene rings is 3. The Bertz CT molecular complexity index is 1460. The van der Waals surface area contributed by atoms with Gasteiger partial charge in [-0.25, -0.2) is 8.42 Å². The van der Waals surface area contributed by atoms with Gasteiger partial charge in [-0.3, -0.25) is 13.9 Å². The quantitative estimate of drug-likeness (QED) is 0.203. The average molecular weight is 642 g/mol. The molecule has 3 aromatic rings. The summed E-state index contributed by atoms with van der Waals surface area (Å²) >= 11 is 1.50. The van der Waals surface area contributed by atoms with E-state index in [1.807, 2.05) is 46.1 Å². The van der Waals surface area contributed by atoms with E-state index in [0.29, 0.717) is 36.8 Å². The van der Waals surface area contributed by atoms with E-state index in [0.717, 1.165) is 14.8 Å². The van der Waals surface area contributed by atoms with Crippen molar-refractivity contribution in [1.82, 2.24) is 10.2 Å². The number of carbonyl (C=O) groups excluding carboxylic acids is 2. The number of methoxy groups -OCH3 is 1. The first-order valence-corrected chi connectivity index (χ1v) is 17.3. The third-order valence-corrected chi connectivity index (χ3v) is 9.48. The summed E-state index contributed by atoms with van der Waals surface area (Å²) in [6, 6.07) is 19.5. The maximum absolute atomic E-state index is 14.2. The lowest BCUT2D eigenvalue weighted by Gasteiger charge is -2.33. The average Bonchev–Trinajstić information content (AvgIpc) is 3.03. The highest BCUT2D eigenvalue weighted by Crippen LogP contribution is 2.28. The van der Waals surface area contributed by atoms with Crippen LogP contribution < -0.4 is 19.1 Å². The van der Waals surface area contributed by atoms with Gasteiger partial charge in [0.15, 0.2) is 0 Å². The molecule has 2 amide bonds. The van der Waals surface area contributed by atoms with Crippen LogP contribution >= 0.6 is 11.8 Å². The molecule has 0 heterocycles. The van der Waals surface area contributed by atoms with Crippen molar-refractivity contribution in [3.8, 4) is 11.5 Å². The fourth-order valence-electron chi connectivity index (χ4n) is 4.55. The van der Waals surface area contributed by atoms with Gasteiger partial charge in [0.05, 0.1) is 24.3 Å². The third kappa shape index (κ3) is 9.15. The van der Waals surface area contributed by atoms with Gasteiger partial charge in [-0.15, -0.1) is 11.8 Å². The summed E-state index contributed by atoms with van der Waals surface area (Å²) in [5, 5.41) is 2.94. The number of nitrogens with zero attached hydrogens (tertiary/aromatic N) is 2. The molecule has 3 aromatic carbocycles. The second-order valence-corrected chi connectivity index (χ2v) is 13.3. The number of nitrogens with one attached hydrogen (secondary N) is 1. The van der Waals surface area contributed by atoms with Crippen LogP contribution in [0.25, 0.3) is 0 Å². The van der Waals surface area contributed by atoms with E-state index >= 15 is 0 Å². The molecule has 0 bridgehead atoms. The summed E-state index contributed by atoms with van der Waals surface area (Å²) in [4.78, 5) is 30.0. The molecule has 0 aliphatic rings. The first-order chi connectivity index (χ1) is 21.0. The summed E-state index contributed by atoms with van der Waals surface area (Å²) in [7, 11) is -2.60. The standard InChI is InChI=1S/C33H43N3O6S2/c1-7-31(33(38)34-21-24(3)4)35(22-25-9-13-27(41-5)14-10-25)32(37)23-36(26-11-15-28(16-12-26)42-8-2)44(39,40)30-19-17-29(43-6)18-20-30/h9-20,24,31H,7-8,21-23H2,1-6H3,(H,34,38)/t31-/m0/s1. The zero-order valence-corrected chi connectivity index (χ0v) is 27.9. The first kappa shape index (κ1) is 34.8. The van der Waals surface area contributed by atoms with Crippen molar-refractivity contribution in [2.75, 3.05) is 37.4 Å². The Morgan fingerprint density at radius 1 is 0.909 bits per heavy atom. The SMILES string of the molecule is CCOc1ccc(N(CC(=O)N(Cc2ccc(OC)cc2)[C@@H](CC)C(=O)NCC(C)C)S(=O)(=O)c2ccc(SC)cc2)cc1. The molecule has 0 saturated heterocycles. The van der Waals surface area contributed by atoms with Crippen molar-refractivity contribution >= 4 is 39.3 Å². The minimum atomic E-state index is -4.17. The van der Waals surface area contributed by atoms with Gasteiger partial charge in [-0.1, -0.05) is 32.9 Å². The third-order valence-electron chi connectivity index (χ3n) is 6.94. The summed E-state index contributed by atoms with van der Waals surface area (Å²) in [5.41, 5.74) is 1.08. The molecular weight excluding hydrogens is 599 g/mol. The molecule has 238 valence electrons. The van der Waals surface area contributed by atoms with Crippen LogP contribution in [0, 0.1) is 5.92 Å². The summed E-state index contributed by atoms with van der Waals surface area (Å²) in [5.74, 6) is 0.670. The van der Waals surface area contributed by atoms with E-state index in [4.69, 9.17) is 9.47 Å². The Balaban J connectivity index is 2.05. The van der Waals surface area contributed by atoms with Gasteiger partial charge < -0.3 is 19.7 Å². The second kappa shape index (κ2) is 16.4. The molecule has 0 aliphatic heterocycles. The van der Waals surface area contributed by atoms with Crippen molar-refractivity contribution in [2.24, 2.45) is 5.92 Å². The Morgan fingerprint density at radius 3 is 2.05 bits per heavy atom. The number of thioether (sulfide) groups is 1. The van der Waals surface area contributed by atoms with E-state index in [9.17, 15) is 18.0 Å². The zero-order chi connectivity index (χ0) is 32.3.